The van der Waals surface area contributed by atoms with Gasteiger partial charge in [-0.2, -0.15) is 5.26 Å². The van der Waals surface area contributed by atoms with Gasteiger partial charge in [0.05, 0.1) is 17.7 Å². The molecule has 0 bridgehead atoms. The number of hydrogen-bond donors (Lipinski definition) is 1. The first-order chi connectivity index (χ1) is 9.99. The first kappa shape index (κ1) is 15.2. The molecule has 0 fully saturated rings. The van der Waals surface area contributed by atoms with Gasteiger partial charge in [0.2, 0.25) is 0 Å². The number of rotatable bonds is 4. The molecule has 0 aliphatic heterocycles. The SMILES string of the molecule is COc1cccc(C#N)c1NS(=O)(=O)c1ccccc1Cl. The van der Waals surface area contributed by atoms with Crippen molar-refractivity contribution < 1.29 is 13.2 Å². The van der Waals surface area contributed by atoms with Gasteiger partial charge in [-0.3, -0.25) is 4.72 Å². The maximum absolute atomic E-state index is 12.4. The van der Waals surface area contributed by atoms with Crippen LogP contribution in [0.3, 0.4) is 0 Å². The summed E-state index contributed by atoms with van der Waals surface area (Å²) in [6.07, 6.45) is 0. The molecule has 0 atom stereocenters. The Morgan fingerprint density at radius 1 is 1.19 bits per heavy atom. The van der Waals surface area contributed by atoms with Crippen molar-refractivity contribution in [2.45, 2.75) is 4.90 Å². The van der Waals surface area contributed by atoms with E-state index in [9.17, 15) is 8.42 Å². The second kappa shape index (κ2) is 6.04. The van der Waals surface area contributed by atoms with Gasteiger partial charge in [0.15, 0.2) is 0 Å². The summed E-state index contributed by atoms with van der Waals surface area (Å²) in [6.45, 7) is 0. The van der Waals surface area contributed by atoms with Crippen molar-refractivity contribution in [1.29, 1.82) is 5.26 Å². The number of para-hydroxylation sites is 1. The summed E-state index contributed by atoms with van der Waals surface area (Å²) in [5.74, 6) is 0.254. The quantitative estimate of drug-likeness (QED) is 0.938. The zero-order valence-corrected chi connectivity index (χ0v) is 12.6. The highest BCUT2D eigenvalue weighted by Crippen LogP contribution is 2.31. The Morgan fingerprint density at radius 3 is 2.52 bits per heavy atom. The number of anilines is 1. The van der Waals surface area contributed by atoms with Gasteiger partial charge < -0.3 is 4.74 Å². The van der Waals surface area contributed by atoms with E-state index >= 15 is 0 Å². The summed E-state index contributed by atoms with van der Waals surface area (Å²) in [5.41, 5.74) is 0.243. The third-order valence-electron chi connectivity index (χ3n) is 2.73. The molecule has 7 heteroatoms. The molecule has 0 saturated heterocycles. The lowest BCUT2D eigenvalue weighted by Gasteiger charge is -2.13. The summed E-state index contributed by atoms with van der Waals surface area (Å²) in [6, 6.07) is 12.6. The number of nitrogens with one attached hydrogen (secondary N) is 1. The van der Waals surface area contributed by atoms with Crippen LogP contribution in [-0.4, -0.2) is 15.5 Å². The van der Waals surface area contributed by atoms with Crippen molar-refractivity contribution in [3.8, 4) is 11.8 Å². The molecule has 2 aromatic rings. The second-order valence-corrected chi connectivity index (χ2v) is 6.09. The molecular weight excluding hydrogens is 312 g/mol. The fraction of sp³-hybridized carbons (Fsp3) is 0.0714. The lowest BCUT2D eigenvalue weighted by atomic mass is 10.2. The molecule has 2 rings (SSSR count). The van der Waals surface area contributed by atoms with E-state index in [1.807, 2.05) is 6.07 Å². The van der Waals surface area contributed by atoms with Crippen molar-refractivity contribution in [3.05, 3.63) is 53.1 Å². The third kappa shape index (κ3) is 3.10. The van der Waals surface area contributed by atoms with Crippen molar-refractivity contribution in [2.75, 3.05) is 11.8 Å². The largest absolute Gasteiger partial charge is 0.495 e. The fourth-order valence-corrected chi connectivity index (χ4v) is 3.36. The predicted molar refractivity (Wildman–Crippen MR) is 80.0 cm³/mol. The smallest absolute Gasteiger partial charge is 0.263 e. The van der Waals surface area contributed by atoms with E-state index in [1.165, 1.54) is 25.3 Å². The summed E-state index contributed by atoms with van der Waals surface area (Å²) in [5, 5.41) is 9.19. The predicted octanol–water partition coefficient (Wildman–Crippen LogP) is 3.02. The third-order valence-corrected chi connectivity index (χ3v) is 4.58. The average Bonchev–Trinajstić information content (AvgIpc) is 2.47. The van der Waals surface area contributed by atoms with Crippen LogP contribution in [-0.2, 0) is 10.0 Å². The Morgan fingerprint density at radius 2 is 1.90 bits per heavy atom. The van der Waals surface area contributed by atoms with Gasteiger partial charge in [0, 0.05) is 0 Å². The van der Waals surface area contributed by atoms with E-state index in [4.69, 9.17) is 21.6 Å². The van der Waals surface area contributed by atoms with Gasteiger partial charge in [-0.15, -0.1) is 0 Å². The first-order valence-corrected chi connectivity index (χ1v) is 7.70. The highest BCUT2D eigenvalue weighted by molar-refractivity contribution is 7.92. The minimum atomic E-state index is -3.92. The van der Waals surface area contributed by atoms with Crippen molar-refractivity contribution >= 4 is 27.3 Å². The van der Waals surface area contributed by atoms with Crippen LogP contribution >= 0.6 is 11.6 Å². The molecule has 21 heavy (non-hydrogen) atoms. The minimum Gasteiger partial charge on any atom is -0.495 e. The average molecular weight is 323 g/mol. The summed E-state index contributed by atoms with van der Waals surface area (Å²) in [4.78, 5) is -0.0681. The molecule has 1 N–H and O–H groups in total. The van der Waals surface area contributed by atoms with E-state index in [1.54, 1.807) is 24.3 Å². The number of nitriles is 1. The number of hydrogen-bond acceptors (Lipinski definition) is 4. The van der Waals surface area contributed by atoms with Crippen LogP contribution in [0.5, 0.6) is 5.75 Å². The fourth-order valence-electron chi connectivity index (χ4n) is 1.75. The number of sulfonamides is 1. The first-order valence-electron chi connectivity index (χ1n) is 5.84. The van der Waals surface area contributed by atoms with Gasteiger partial charge >= 0.3 is 0 Å². The molecule has 108 valence electrons. The Hall–Kier alpha value is -2.23. The topological polar surface area (TPSA) is 79.2 Å². The van der Waals surface area contributed by atoms with E-state index < -0.39 is 10.0 Å². The van der Waals surface area contributed by atoms with Gasteiger partial charge in [-0.1, -0.05) is 29.8 Å². The number of nitrogens with zero attached hydrogens (tertiary/aromatic N) is 1. The van der Waals surface area contributed by atoms with E-state index in [0.717, 1.165) is 0 Å². The Balaban J connectivity index is 2.52. The van der Waals surface area contributed by atoms with E-state index in [2.05, 4.69) is 4.72 Å². The molecule has 0 aliphatic carbocycles. The van der Waals surface area contributed by atoms with Crippen molar-refractivity contribution in [1.82, 2.24) is 0 Å². The molecule has 0 aromatic heterocycles. The van der Waals surface area contributed by atoms with Crippen molar-refractivity contribution in [2.24, 2.45) is 0 Å². The molecule has 0 heterocycles. The number of halogens is 1. The zero-order valence-electron chi connectivity index (χ0n) is 11.0. The molecule has 0 unspecified atom stereocenters. The normalized spacial score (nSPS) is 10.7. The maximum Gasteiger partial charge on any atom is 0.263 e. The second-order valence-electron chi connectivity index (χ2n) is 4.03. The Labute approximate surface area is 127 Å². The molecule has 0 saturated carbocycles. The molecule has 5 nitrogen and oxygen atoms in total. The molecule has 0 aliphatic rings. The monoisotopic (exact) mass is 322 g/mol. The standard InChI is InChI=1S/C14H11ClN2O3S/c1-20-12-7-4-5-10(9-16)14(12)17-21(18,19)13-8-3-2-6-11(13)15/h2-8,17H,1H3. The number of benzene rings is 2. The molecule has 2 aromatic carbocycles. The molecular formula is C14H11ClN2O3S. The van der Waals surface area contributed by atoms with Gasteiger partial charge in [0.25, 0.3) is 10.0 Å². The molecule has 0 amide bonds. The van der Waals surface area contributed by atoms with Crippen LogP contribution in [0.4, 0.5) is 5.69 Å². The van der Waals surface area contributed by atoms with Crippen molar-refractivity contribution in [3.63, 3.8) is 0 Å². The highest BCUT2D eigenvalue weighted by atomic mass is 35.5. The lowest BCUT2D eigenvalue weighted by Crippen LogP contribution is -2.15. The van der Waals surface area contributed by atoms with Gasteiger partial charge in [-0.25, -0.2) is 8.42 Å². The lowest BCUT2D eigenvalue weighted by molar-refractivity contribution is 0.417. The van der Waals surface area contributed by atoms with Crippen LogP contribution in [0.15, 0.2) is 47.4 Å². The maximum atomic E-state index is 12.4. The summed E-state index contributed by atoms with van der Waals surface area (Å²) in [7, 11) is -2.53. The molecule has 0 spiro atoms. The highest BCUT2D eigenvalue weighted by Gasteiger charge is 2.21. The van der Waals surface area contributed by atoms with Crippen LogP contribution in [0.25, 0.3) is 0 Å². The Kier molecular flexibility index (Phi) is 4.36. The summed E-state index contributed by atoms with van der Waals surface area (Å²) < 4.78 is 32.2. The van der Waals surface area contributed by atoms with Crippen LogP contribution in [0.2, 0.25) is 5.02 Å². The molecule has 0 radical (unpaired) electrons. The van der Waals surface area contributed by atoms with Gasteiger partial charge in [-0.05, 0) is 24.3 Å². The van der Waals surface area contributed by atoms with Crippen LogP contribution < -0.4 is 9.46 Å². The van der Waals surface area contributed by atoms with E-state index in [0.29, 0.717) is 0 Å². The number of ether oxygens (including phenoxy) is 1. The Bertz CT molecular complexity index is 813. The zero-order chi connectivity index (χ0) is 15.5. The van der Waals surface area contributed by atoms with Crippen LogP contribution in [0.1, 0.15) is 5.56 Å². The minimum absolute atomic E-state index is 0.0681. The van der Waals surface area contributed by atoms with Gasteiger partial charge in [0.1, 0.15) is 22.4 Å². The van der Waals surface area contributed by atoms with E-state index in [-0.39, 0.29) is 26.9 Å². The summed E-state index contributed by atoms with van der Waals surface area (Å²) >= 11 is 5.91. The number of methoxy groups -OCH3 is 1. The van der Waals surface area contributed by atoms with Crippen LogP contribution in [0, 0.1) is 11.3 Å².